The summed E-state index contributed by atoms with van der Waals surface area (Å²) >= 11 is 1.33. The van der Waals surface area contributed by atoms with Gasteiger partial charge in [-0.05, 0) is 30.3 Å². The van der Waals surface area contributed by atoms with E-state index < -0.39 is 4.92 Å². The summed E-state index contributed by atoms with van der Waals surface area (Å²) in [7, 11) is 0. The lowest BCUT2D eigenvalue weighted by Gasteiger charge is -2.07. The van der Waals surface area contributed by atoms with Crippen molar-refractivity contribution in [2.75, 3.05) is 16.4 Å². The molecule has 2 amide bonds. The van der Waals surface area contributed by atoms with Crippen LogP contribution >= 0.6 is 11.8 Å². The molecular formula is C16H15N3O4S. The van der Waals surface area contributed by atoms with E-state index in [0.29, 0.717) is 11.4 Å². The van der Waals surface area contributed by atoms with E-state index in [1.165, 1.54) is 43.0 Å². The first kappa shape index (κ1) is 17.5. The number of nitro groups is 1. The number of carbonyl (C=O) groups is 2. The third kappa shape index (κ3) is 5.40. The standard InChI is InChI=1S/C16H15N3O4S/c1-11(20)17-13-3-2-4-15(9-13)24-10-16(21)18-12-5-7-14(8-6-12)19(22)23/h2-9H,10H2,1H3,(H,17,20)(H,18,21). The van der Waals surface area contributed by atoms with Crippen molar-refractivity contribution in [3.8, 4) is 0 Å². The van der Waals surface area contributed by atoms with Crippen LogP contribution in [-0.4, -0.2) is 22.5 Å². The molecule has 0 heterocycles. The molecule has 0 fully saturated rings. The lowest BCUT2D eigenvalue weighted by Crippen LogP contribution is -2.14. The van der Waals surface area contributed by atoms with Gasteiger partial charge in [-0.2, -0.15) is 0 Å². The summed E-state index contributed by atoms with van der Waals surface area (Å²) in [6.07, 6.45) is 0. The Hall–Kier alpha value is -2.87. The smallest absolute Gasteiger partial charge is 0.269 e. The average Bonchev–Trinajstić information content (AvgIpc) is 2.53. The molecule has 0 unspecified atom stereocenters. The summed E-state index contributed by atoms with van der Waals surface area (Å²) in [5.74, 6) is -0.201. The monoisotopic (exact) mass is 345 g/mol. The Morgan fingerprint density at radius 3 is 2.42 bits per heavy atom. The number of nitrogens with zero attached hydrogens (tertiary/aromatic N) is 1. The number of nitrogens with one attached hydrogen (secondary N) is 2. The second-order valence-electron chi connectivity index (χ2n) is 4.85. The van der Waals surface area contributed by atoms with Gasteiger partial charge in [-0.1, -0.05) is 6.07 Å². The van der Waals surface area contributed by atoms with Gasteiger partial charge in [0.2, 0.25) is 11.8 Å². The molecule has 2 N–H and O–H groups in total. The Balaban J connectivity index is 1.89. The number of rotatable bonds is 6. The number of hydrogen-bond donors (Lipinski definition) is 2. The Bertz CT molecular complexity index is 762. The van der Waals surface area contributed by atoms with E-state index in [2.05, 4.69) is 10.6 Å². The Morgan fingerprint density at radius 2 is 1.79 bits per heavy atom. The maximum Gasteiger partial charge on any atom is 0.269 e. The van der Waals surface area contributed by atoms with Crippen LogP contribution in [0.2, 0.25) is 0 Å². The zero-order valence-electron chi connectivity index (χ0n) is 12.8. The molecule has 7 nitrogen and oxygen atoms in total. The first-order valence-corrected chi connectivity index (χ1v) is 7.97. The quantitative estimate of drug-likeness (QED) is 0.475. The van der Waals surface area contributed by atoms with Gasteiger partial charge in [-0.3, -0.25) is 19.7 Å². The van der Waals surface area contributed by atoms with Crippen LogP contribution in [0.25, 0.3) is 0 Å². The van der Waals surface area contributed by atoms with Gasteiger partial charge < -0.3 is 10.6 Å². The van der Waals surface area contributed by atoms with Crippen molar-refractivity contribution < 1.29 is 14.5 Å². The van der Waals surface area contributed by atoms with E-state index in [4.69, 9.17) is 0 Å². The van der Waals surface area contributed by atoms with E-state index in [9.17, 15) is 19.7 Å². The molecule has 0 aliphatic carbocycles. The third-order valence-electron chi connectivity index (χ3n) is 2.89. The highest BCUT2D eigenvalue weighted by atomic mass is 32.2. The molecule has 0 spiro atoms. The van der Waals surface area contributed by atoms with Crippen molar-refractivity contribution in [3.05, 3.63) is 58.6 Å². The fourth-order valence-corrected chi connectivity index (χ4v) is 2.63. The molecule has 8 heteroatoms. The van der Waals surface area contributed by atoms with Gasteiger partial charge in [-0.25, -0.2) is 0 Å². The van der Waals surface area contributed by atoms with Crippen molar-refractivity contribution in [1.82, 2.24) is 0 Å². The average molecular weight is 345 g/mol. The Kier molecular flexibility index (Phi) is 5.91. The van der Waals surface area contributed by atoms with Gasteiger partial charge >= 0.3 is 0 Å². The molecule has 2 aromatic carbocycles. The summed E-state index contributed by atoms with van der Waals surface area (Å²) in [6, 6.07) is 12.8. The van der Waals surface area contributed by atoms with Crippen LogP contribution in [0.3, 0.4) is 0 Å². The lowest BCUT2D eigenvalue weighted by atomic mass is 10.3. The molecule has 0 radical (unpaired) electrons. The summed E-state index contributed by atoms with van der Waals surface area (Å²) in [5.41, 5.74) is 1.14. The highest BCUT2D eigenvalue weighted by molar-refractivity contribution is 8.00. The predicted octanol–water partition coefficient (Wildman–Crippen LogP) is 3.28. The molecule has 124 valence electrons. The van der Waals surface area contributed by atoms with E-state index in [0.717, 1.165) is 4.90 Å². The van der Waals surface area contributed by atoms with Crippen LogP contribution in [0.15, 0.2) is 53.4 Å². The molecule has 0 bridgehead atoms. The molecule has 0 atom stereocenters. The number of non-ortho nitro benzene ring substituents is 1. The van der Waals surface area contributed by atoms with E-state index in [-0.39, 0.29) is 23.3 Å². The van der Waals surface area contributed by atoms with Crippen LogP contribution in [-0.2, 0) is 9.59 Å². The lowest BCUT2D eigenvalue weighted by molar-refractivity contribution is -0.384. The highest BCUT2D eigenvalue weighted by Gasteiger charge is 2.07. The number of thioether (sulfide) groups is 1. The molecule has 0 saturated carbocycles. The second kappa shape index (κ2) is 8.11. The minimum absolute atomic E-state index is 0.0304. The van der Waals surface area contributed by atoms with E-state index >= 15 is 0 Å². The molecule has 0 aliphatic rings. The summed E-state index contributed by atoms with van der Waals surface area (Å²) < 4.78 is 0. The van der Waals surface area contributed by atoms with Crippen molar-refractivity contribution in [1.29, 1.82) is 0 Å². The minimum atomic E-state index is -0.497. The number of hydrogen-bond acceptors (Lipinski definition) is 5. The molecule has 2 rings (SSSR count). The maximum absolute atomic E-state index is 11.9. The normalized spacial score (nSPS) is 10.0. The molecule has 2 aromatic rings. The number of nitro benzene ring substituents is 1. The molecule has 0 saturated heterocycles. The van der Waals surface area contributed by atoms with Gasteiger partial charge in [0.15, 0.2) is 0 Å². The molecular weight excluding hydrogens is 330 g/mol. The van der Waals surface area contributed by atoms with Crippen molar-refractivity contribution in [2.45, 2.75) is 11.8 Å². The summed E-state index contributed by atoms with van der Waals surface area (Å²) in [4.78, 5) is 33.9. The van der Waals surface area contributed by atoms with Crippen LogP contribution in [0.5, 0.6) is 0 Å². The number of carbonyl (C=O) groups excluding carboxylic acids is 2. The van der Waals surface area contributed by atoms with Crippen LogP contribution in [0.4, 0.5) is 17.1 Å². The molecule has 24 heavy (non-hydrogen) atoms. The van der Waals surface area contributed by atoms with Crippen LogP contribution < -0.4 is 10.6 Å². The number of amides is 2. The van der Waals surface area contributed by atoms with Crippen LogP contribution in [0.1, 0.15) is 6.92 Å². The zero-order valence-corrected chi connectivity index (χ0v) is 13.6. The first-order chi connectivity index (χ1) is 11.4. The minimum Gasteiger partial charge on any atom is -0.326 e. The number of benzene rings is 2. The maximum atomic E-state index is 11.9. The Morgan fingerprint density at radius 1 is 1.08 bits per heavy atom. The van der Waals surface area contributed by atoms with Gasteiger partial charge in [-0.15, -0.1) is 11.8 Å². The highest BCUT2D eigenvalue weighted by Crippen LogP contribution is 2.22. The van der Waals surface area contributed by atoms with Crippen LogP contribution in [0, 0.1) is 10.1 Å². The number of anilines is 2. The topological polar surface area (TPSA) is 101 Å². The van der Waals surface area contributed by atoms with Gasteiger partial charge in [0, 0.05) is 35.3 Å². The van der Waals surface area contributed by atoms with E-state index in [1.54, 1.807) is 18.2 Å². The van der Waals surface area contributed by atoms with Gasteiger partial charge in [0.1, 0.15) is 0 Å². The molecule has 0 aliphatic heterocycles. The Labute approximate surface area is 142 Å². The summed E-state index contributed by atoms with van der Waals surface area (Å²) in [5, 5.41) is 15.9. The predicted molar refractivity (Wildman–Crippen MR) is 93.2 cm³/mol. The second-order valence-corrected chi connectivity index (χ2v) is 5.90. The summed E-state index contributed by atoms with van der Waals surface area (Å²) in [6.45, 7) is 1.43. The van der Waals surface area contributed by atoms with Crippen molar-refractivity contribution in [3.63, 3.8) is 0 Å². The molecule has 0 aromatic heterocycles. The first-order valence-electron chi connectivity index (χ1n) is 6.99. The van der Waals surface area contributed by atoms with Crippen molar-refractivity contribution >= 4 is 40.6 Å². The fraction of sp³-hybridized carbons (Fsp3) is 0.125. The largest absolute Gasteiger partial charge is 0.326 e. The zero-order chi connectivity index (χ0) is 17.5. The van der Waals surface area contributed by atoms with Gasteiger partial charge in [0.25, 0.3) is 5.69 Å². The fourth-order valence-electron chi connectivity index (χ4n) is 1.88. The third-order valence-corrected chi connectivity index (χ3v) is 3.88. The van der Waals surface area contributed by atoms with E-state index in [1.807, 2.05) is 6.07 Å². The SMILES string of the molecule is CC(=O)Nc1cccc(SCC(=O)Nc2ccc([N+](=O)[O-])cc2)c1. The van der Waals surface area contributed by atoms with Gasteiger partial charge in [0.05, 0.1) is 10.7 Å². The van der Waals surface area contributed by atoms with Crippen molar-refractivity contribution in [2.24, 2.45) is 0 Å².